The van der Waals surface area contributed by atoms with Crippen molar-refractivity contribution in [2.75, 3.05) is 24.7 Å². The average Bonchev–Trinajstić information content (AvgIpc) is 2.46. The van der Waals surface area contributed by atoms with Gasteiger partial charge >= 0.3 is 5.97 Å². The predicted octanol–water partition coefficient (Wildman–Crippen LogP) is 3.47. The van der Waals surface area contributed by atoms with E-state index in [0.29, 0.717) is 17.1 Å². The van der Waals surface area contributed by atoms with Gasteiger partial charge in [-0.25, -0.2) is 9.78 Å². The monoisotopic (exact) mass is 293 g/mol. The number of hydrogen-bond acceptors (Lipinski definition) is 5. The second kappa shape index (κ2) is 9.21. The molecule has 0 aliphatic carbocycles. The van der Waals surface area contributed by atoms with Gasteiger partial charge in [-0.05, 0) is 18.4 Å². The number of ether oxygens (including phenoxy) is 1. The van der Waals surface area contributed by atoms with Crippen molar-refractivity contribution in [3.05, 3.63) is 17.8 Å². The standard InChI is InChI=1S/C16H27N3O2/c1-12(2)8-6-4-5-7-10-18-15-14(17)13(9-11-19-15)16(20)21-3/h9,11-12H,4-8,10,17H2,1-3H3,(H,18,19). The Morgan fingerprint density at radius 1 is 1.33 bits per heavy atom. The minimum absolute atomic E-state index is 0.351. The number of rotatable bonds is 9. The van der Waals surface area contributed by atoms with E-state index >= 15 is 0 Å². The van der Waals surface area contributed by atoms with Crippen molar-refractivity contribution in [1.29, 1.82) is 0 Å². The van der Waals surface area contributed by atoms with Crippen molar-refractivity contribution in [2.24, 2.45) is 5.92 Å². The first kappa shape index (κ1) is 17.3. The van der Waals surface area contributed by atoms with E-state index in [2.05, 4.69) is 28.9 Å². The van der Waals surface area contributed by atoms with E-state index in [0.717, 1.165) is 18.9 Å². The molecule has 0 aliphatic heterocycles. The number of anilines is 2. The van der Waals surface area contributed by atoms with Gasteiger partial charge in [0.05, 0.1) is 18.4 Å². The van der Waals surface area contributed by atoms with Crippen LogP contribution in [-0.4, -0.2) is 24.6 Å². The molecule has 1 heterocycles. The Bertz CT molecular complexity index is 447. The molecule has 0 saturated carbocycles. The number of nitrogen functional groups attached to an aromatic ring is 1. The van der Waals surface area contributed by atoms with E-state index in [-0.39, 0.29) is 0 Å². The number of hydrogen-bond donors (Lipinski definition) is 2. The van der Waals surface area contributed by atoms with E-state index in [1.54, 1.807) is 12.3 Å². The zero-order chi connectivity index (χ0) is 15.7. The van der Waals surface area contributed by atoms with Gasteiger partial charge in [0.1, 0.15) is 5.82 Å². The summed E-state index contributed by atoms with van der Waals surface area (Å²) in [6.45, 7) is 5.32. The number of nitrogens with one attached hydrogen (secondary N) is 1. The third-order valence-corrected chi connectivity index (χ3v) is 3.40. The van der Waals surface area contributed by atoms with E-state index in [4.69, 9.17) is 5.73 Å². The van der Waals surface area contributed by atoms with E-state index in [1.807, 2.05) is 0 Å². The van der Waals surface area contributed by atoms with Crippen LogP contribution in [0.2, 0.25) is 0 Å². The van der Waals surface area contributed by atoms with Crippen LogP contribution in [0.1, 0.15) is 56.3 Å². The van der Waals surface area contributed by atoms with Crippen molar-refractivity contribution >= 4 is 17.5 Å². The molecule has 0 aliphatic rings. The summed E-state index contributed by atoms with van der Waals surface area (Å²) in [6.07, 6.45) is 7.66. The molecule has 3 N–H and O–H groups in total. The summed E-state index contributed by atoms with van der Waals surface area (Å²) in [5, 5.41) is 3.19. The third-order valence-electron chi connectivity index (χ3n) is 3.40. The molecule has 1 aromatic heterocycles. The molecular weight excluding hydrogens is 266 g/mol. The highest BCUT2D eigenvalue weighted by Crippen LogP contribution is 2.20. The summed E-state index contributed by atoms with van der Waals surface area (Å²) in [5.41, 5.74) is 6.63. The maximum Gasteiger partial charge on any atom is 0.340 e. The summed E-state index contributed by atoms with van der Waals surface area (Å²) in [7, 11) is 1.34. The molecule has 0 saturated heterocycles. The number of carbonyl (C=O) groups is 1. The number of unbranched alkanes of at least 4 members (excludes halogenated alkanes) is 3. The number of carbonyl (C=O) groups excluding carboxylic acids is 1. The van der Waals surface area contributed by atoms with Crippen LogP contribution in [0.4, 0.5) is 11.5 Å². The van der Waals surface area contributed by atoms with Gasteiger partial charge in [0.15, 0.2) is 0 Å². The van der Waals surface area contributed by atoms with Gasteiger partial charge in [0.2, 0.25) is 0 Å². The number of nitrogens with zero attached hydrogens (tertiary/aromatic N) is 1. The second-order valence-corrected chi connectivity index (χ2v) is 5.64. The number of aromatic nitrogens is 1. The quantitative estimate of drug-likeness (QED) is 0.538. The molecule has 1 aromatic rings. The molecule has 0 spiro atoms. The summed E-state index contributed by atoms with van der Waals surface area (Å²) in [5.74, 6) is 0.903. The minimum atomic E-state index is -0.438. The van der Waals surface area contributed by atoms with Gasteiger partial charge in [0, 0.05) is 12.7 Å². The molecule has 0 unspecified atom stereocenters. The molecule has 21 heavy (non-hydrogen) atoms. The lowest BCUT2D eigenvalue weighted by Crippen LogP contribution is -2.11. The van der Waals surface area contributed by atoms with Gasteiger partial charge in [-0.1, -0.05) is 39.5 Å². The average molecular weight is 293 g/mol. The van der Waals surface area contributed by atoms with Crippen LogP contribution in [0.3, 0.4) is 0 Å². The van der Waals surface area contributed by atoms with Crippen LogP contribution in [-0.2, 0) is 4.74 Å². The van der Waals surface area contributed by atoms with Gasteiger partial charge in [0.25, 0.3) is 0 Å². The first-order valence-corrected chi connectivity index (χ1v) is 7.63. The highest BCUT2D eigenvalue weighted by Gasteiger charge is 2.13. The maximum absolute atomic E-state index is 11.5. The SMILES string of the molecule is COC(=O)c1ccnc(NCCCCCCC(C)C)c1N. The first-order chi connectivity index (χ1) is 10.1. The van der Waals surface area contributed by atoms with Gasteiger partial charge in [-0.3, -0.25) is 0 Å². The fraction of sp³-hybridized carbons (Fsp3) is 0.625. The summed E-state index contributed by atoms with van der Waals surface area (Å²) < 4.78 is 4.69. The molecule has 0 atom stereocenters. The van der Waals surface area contributed by atoms with Gasteiger partial charge in [-0.2, -0.15) is 0 Å². The van der Waals surface area contributed by atoms with Crippen molar-refractivity contribution < 1.29 is 9.53 Å². The Balaban J connectivity index is 2.34. The fourth-order valence-electron chi connectivity index (χ4n) is 2.14. The van der Waals surface area contributed by atoms with Crippen LogP contribution in [0, 0.1) is 5.92 Å². The van der Waals surface area contributed by atoms with E-state index in [1.165, 1.54) is 32.8 Å². The molecule has 0 radical (unpaired) electrons. The first-order valence-electron chi connectivity index (χ1n) is 7.63. The second-order valence-electron chi connectivity index (χ2n) is 5.64. The van der Waals surface area contributed by atoms with Crippen LogP contribution in [0.15, 0.2) is 12.3 Å². The molecule has 0 fully saturated rings. The molecule has 0 aromatic carbocycles. The lowest BCUT2D eigenvalue weighted by molar-refractivity contribution is 0.0602. The Kier molecular flexibility index (Phi) is 7.58. The number of esters is 1. The topological polar surface area (TPSA) is 77.2 Å². The summed E-state index contributed by atoms with van der Waals surface area (Å²) in [4.78, 5) is 15.7. The van der Waals surface area contributed by atoms with Crippen molar-refractivity contribution in [2.45, 2.75) is 46.0 Å². The zero-order valence-electron chi connectivity index (χ0n) is 13.3. The maximum atomic E-state index is 11.5. The predicted molar refractivity (Wildman–Crippen MR) is 86.4 cm³/mol. The Hall–Kier alpha value is -1.78. The van der Waals surface area contributed by atoms with Crippen LogP contribution >= 0.6 is 0 Å². The van der Waals surface area contributed by atoms with Crippen molar-refractivity contribution in [3.8, 4) is 0 Å². The molecule has 0 bridgehead atoms. The normalized spacial score (nSPS) is 10.7. The molecular formula is C16H27N3O2. The lowest BCUT2D eigenvalue weighted by atomic mass is 10.0. The Morgan fingerprint density at radius 3 is 2.71 bits per heavy atom. The lowest BCUT2D eigenvalue weighted by Gasteiger charge is -2.10. The molecule has 5 heteroatoms. The Labute approximate surface area is 127 Å². The largest absolute Gasteiger partial charge is 0.465 e. The highest BCUT2D eigenvalue weighted by molar-refractivity contribution is 5.97. The van der Waals surface area contributed by atoms with Crippen molar-refractivity contribution in [1.82, 2.24) is 4.98 Å². The van der Waals surface area contributed by atoms with Crippen molar-refractivity contribution in [3.63, 3.8) is 0 Å². The van der Waals surface area contributed by atoms with Gasteiger partial charge in [-0.15, -0.1) is 0 Å². The van der Waals surface area contributed by atoms with E-state index < -0.39 is 5.97 Å². The number of nitrogens with two attached hydrogens (primary N) is 1. The summed E-state index contributed by atoms with van der Waals surface area (Å²) in [6, 6.07) is 1.57. The number of pyridine rings is 1. The summed E-state index contributed by atoms with van der Waals surface area (Å²) >= 11 is 0. The third kappa shape index (κ3) is 6.02. The van der Waals surface area contributed by atoms with Gasteiger partial charge < -0.3 is 15.8 Å². The van der Waals surface area contributed by atoms with E-state index in [9.17, 15) is 4.79 Å². The molecule has 0 amide bonds. The van der Waals surface area contributed by atoms with Crippen LogP contribution in [0.25, 0.3) is 0 Å². The molecule has 1 rings (SSSR count). The van der Waals surface area contributed by atoms with Crippen LogP contribution in [0.5, 0.6) is 0 Å². The Morgan fingerprint density at radius 2 is 2.05 bits per heavy atom. The fourth-order valence-corrected chi connectivity index (χ4v) is 2.14. The molecule has 118 valence electrons. The number of methoxy groups -OCH3 is 1. The smallest absolute Gasteiger partial charge is 0.340 e. The zero-order valence-corrected chi connectivity index (χ0v) is 13.3. The highest BCUT2D eigenvalue weighted by atomic mass is 16.5. The minimum Gasteiger partial charge on any atom is -0.465 e. The van der Waals surface area contributed by atoms with Crippen LogP contribution < -0.4 is 11.1 Å². The molecule has 5 nitrogen and oxygen atoms in total.